The Balaban J connectivity index is 1.82. The van der Waals surface area contributed by atoms with Gasteiger partial charge in [0, 0.05) is 41.9 Å². The van der Waals surface area contributed by atoms with Crippen LogP contribution in [0.2, 0.25) is 0 Å². The third kappa shape index (κ3) is 6.55. The van der Waals surface area contributed by atoms with Gasteiger partial charge < -0.3 is 30.6 Å². The molecule has 0 bridgehead atoms. The van der Waals surface area contributed by atoms with Crippen LogP contribution in [0.1, 0.15) is 32.3 Å². The van der Waals surface area contributed by atoms with Crippen molar-refractivity contribution in [3.63, 3.8) is 0 Å². The lowest BCUT2D eigenvalue weighted by molar-refractivity contribution is -0.145. The molecule has 0 fully saturated rings. The number of amides is 1. The summed E-state index contributed by atoms with van der Waals surface area (Å²) >= 11 is 0. The first-order valence-corrected chi connectivity index (χ1v) is 10.2. The maximum atomic E-state index is 12.3. The van der Waals surface area contributed by atoms with Gasteiger partial charge in [0.1, 0.15) is 6.04 Å². The highest BCUT2D eigenvalue weighted by molar-refractivity contribution is 5.87. The SMILES string of the molecule is COC(=O)C(Cc1c[nH]c2ccccc12)NC(=O)CCCNCC(O)C(C)(C)CO. The second-order valence-corrected chi connectivity index (χ2v) is 8.18. The molecule has 30 heavy (non-hydrogen) atoms. The second-order valence-electron chi connectivity index (χ2n) is 8.18. The number of carbonyl (C=O) groups is 2. The molecule has 2 aromatic rings. The highest BCUT2D eigenvalue weighted by Crippen LogP contribution is 2.20. The van der Waals surface area contributed by atoms with Gasteiger partial charge in [0.15, 0.2) is 0 Å². The molecule has 0 aliphatic carbocycles. The van der Waals surface area contributed by atoms with Crippen LogP contribution in [0.3, 0.4) is 0 Å². The summed E-state index contributed by atoms with van der Waals surface area (Å²) < 4.78 is 4.86. The maximum Gasteiger partial charge on any atom is 0.328 e. The highest BCUT2D eigenvalue weighted by atomic mass is 16.5. The average molecular weight is 420 g/mol. The van der Waals surface area contributed by atoms with Crippen LogP contribution in [0.15, 0.2) is 30.5 Å². The standard InChI is InChI=1S/C22H33N3O5/c1-22(2,14-26)19(27)13-23-10-6-9-20(28)25-18(21(29)30-3)11-15-12-24-17-8-5-4-7-16(15)17/h4-5,7-8,12,18-19,23-24,26-27H,6,9-11,13-14H2,1-3H3,(H,25,28). The molecule has 166 valence electrons. The van der Waals surface area contributed by atoms with Gasteiger partial charge in [-0.1, -0.05) is 32.0 Å². The number of aromatic amines is 1. The first kappa shape index (κ1) is 23.9. The summed E-state index contributed by atoms with van der Waals surface area (Å²) in [6, 6.07) is 7.02. The molecule has 0 radical (unpaired) electrons. The van der Waals surface area contributed by atoms with Gasteiger partial charge in [-0.15, -0.1) is 0 Å². The third-order valence-corrected chi connectivity index (χ3v) is 5.32. The van der Waals surface area contributed by atoms with E-state index in [0.717, 1.165) is 16.5 Å². The number of fused-ring (bicyclic) bond motifs is 1. The molecule has 5 N–H and O–H groups in total. The Hall–Kier alpha value is -2.42. The van der Waals surface area contributed by atoms with E-state index in [0.29, 0.717) is 25.9 Å². The van der Waals surface area contributed by atoms with Gasteiger partial charge >= 0.3 is 5.97 Å². The minimum atomic E-state index is -0.762. The molecule has 0 saturated carbocycles. The predicted molar refractivity (Wildman–Crippen MR) is 115 cm³/mol. The Morgan fingerprint density at radius 2 is 2.00 bits per heavy atom. The second kappa shape index (κ2) is 11.1. The van der Waals surface area contributed by atoms with Crippen LogP contribution in [0.4, 0.5) is 0 Å². The van der Waals surface area contributed by atoms with Gasteiger partial charge in [-0.25, -0.2) is 4.79 Å². The van der Waals surface area contributed by atoms with Crippen LogP contribution < -0.4 is 10.6 Å². The maximum absolute atomic E-state index is 12.3. The quantitative estimate of drug-likeness (QED) is 0.259. The van der Waals surface area contributed by atoms with E-state index in [1.54, 1.807) is 13.8 Å². The Kier molecular flexibility index (Phi) is 8.83. The highest BCUT2D eigenvalue weighted by Gasteiger charge is 2.26. The van der Waals surface area contributed by atoms with Crippen LogP contribution in [-0.4, -0.2) is 66.0 Å². The number of methoxy groups -OCH3 is 1. The predicted octanol–water partition coefficient (Wildman–Crippen LogP) is 1.12. The molecule has 1 aromatic heterocycles. The summed E-state index contributed by atoms with van der Waals surface area (Å²) in [5.74, 6) is -0.718. The summed E-state index contributed by atoms with van der Waals surface area (Å²) in [6.45, 7) is 4.34. The molecule has 0 spiro atoms. The number of carbonyl (C=O) groups excluding carboxylic acids is 2. The zero-order chi connectivity index (χ0) is 22.1. The van der Waals surface area contributed by atoms with Gasteiger partial charge in [-0.2, -0.15) is 0 Å². The number of para-hydroxylation sites is 1. The van der Waals surface area contributed by atoms with Gasteiger partial charge in [0.05, 0.1) is 19.8 Å². The lowest BCUT2D eigenvalue weighted by Gasteiger charge is -2.28. The fraction of sp³-hybridized carbons (Fsp3) is 0.545. The normalized spacial score (nSPS) is 13.8. The van der Waals surface area contributed by atoms with Crippen LogP contribution in [0.25, 0.3) is 10.9 Å². The Morgan fingerprint density at radius 3 is 2.70 bits per heavy atom. The number of aromatic nitrogens is 1. The largest absolute Gasteiger partial charge is 0.467 e. The zero-order valence-electron chi connectivity index (χ0n) is 17.9. The molecule has 0 saturated heterocycles. The molecule has 8 nitrogen and oxygen atoms in total. The fourth-order valence-corrected chi connectivity index (χ4v) is 3.12. The number of ether oxygens (including phenoxy) is 1. The minimum absolute atomic E-state index is 0.108. The van der Waals surface area contributed by atoms with Crippen LogP contribution in [0.5, 0.6) is 0 Å². The van der Waals surface area contributed by atoms with Crippen molar-refractivity contribution in [2.75, 3.05) is 26.8 Å². The summed E-state index contributed by atoms with van der Waals surface area (Å²) in [5, 5.41) is 26.2. The van der Waals surface area contributed by atoms with Crippen molar-refractivity contribution in [2.24, 2.45) is 5.41 Å². The lowest BCUT2D eigenvalue weighted by Crippen LogP contribution is -2.43. The number of benzene rings is 1. The Bertz CT molecular complexity index is 833. The molecule has 2 atom stereocenters. The number of nitrogens with one attached hydrogen (secondary N) is 3. The van der Waals surface area contributed by atoms with Crippen molar-refractivity contribution in [2.45, 2.75) is 45.3 Å². The monoisotopic (exact) mass is 419 g/mol. The first-order chi connectivity index (χ1) is 14.3. The molecule has 0 aliphatic heterocycles. The number of aliphatic hydroxyl groups excluding tert-OH is 2. The molecule has 1 amide bonds. The number of H-pyrrole nitrogens is 1. The van der Waals surface area contributed by atoms with Crippen molar-refractivity contribution < 1.29 is 24.5 Å². The molecule has 2 rings (SSSR count). The van der Waals surface area contributed by atoms with Gasteiger partial charge in [-0.05, 0) is 24.6 Å². The number of aliphatic hydroxyl groups is 2. The van der Waals surface area contributed by atoms with Gasteiger partial charge in [0.25, 0.3) is 0 Å². The number of rotatable bonds is 12. The molecule has 1 aromatic carbocycles. The van der Waals surface area contributed by atoms with E-state index >= 15 is 0 Å². The third-order valence-electron chi connectivity index (χ3n) is 5.32. The minimum Gasteiger partial charge on any atom is -0.467 e. The van der Waals surface area contributed by atoms with Crippen molar-refractivity contribution in [3.05, 3.63) is 36.0 Å². The molecular formula is C22H33N3O5. The van der Waals surface area contributed by atoms with Gasteiger partial charge in [-0.3, -0.25) is 4.79 Å². The molecule has 1 heterocycles. The zero-order valence-corrected chi connectivity index (χ0v) is 17.9. The van der Waals surface area contributed by atoms with Crippen LogP contribution in [-0.2, 0) is 20.7 Å². The molecular weight excluding hydrogens is 386 g/mol. The fourth-order valence-electron chi connectivity index (χ4n) is 3.12. The summed E-state index contributed by atoms with van der Waals surface area (Å²) in [4.78, 5) is 27.7. The van der Waals surface area contributed by atoms with E-state index in [4.69, 9.17) is 4.74 Å². The van der Waals surface area contributed by atoms with Crippen molar-refractivity contribution in [1.82, 2.24) is 15.6 Å². The molecule has 2 unspecified atom stereocenters. The summed E-state index contributed by atoms with van der Waals surface area (Å²) in [6.07, 6.45) is 2.29. The first-order valence-electron chi connectivity index (χ1n) is 10.2. The average Bonchev–Trinajstić information content (AvgIpc) is 3.15. The van der Waals surface area contributed by atoms with Crippen molar-refractivity contribution >= 4 is 22.8 Å². The van der Waals surface area contributed by atoms with E-state index in [1.807, 2.05) is 30.5 Å². The molecule has 0 aliphatic rings. The van der Waals surface area contributed by atoms with Crippen molar-refractivity contribution in [1.29, 1.82) is 0 Å². The van der Waals surface area contributed by atoms with E-state index in [-0.39, 0.29) is 18.9 Å². The Labute approximate surface area is 177 Å². The van der Waals surface area contributed by atoms with E-state index in [1.165, 1.54) is 7.11 Å². The molecule has 8 heteroatoms. The topological polar surface area (TPSA) is 124 Å². The van der Waals surface area contributed by atoms with Gasteiger partial charge in [0.2, 0.25) is 5.91 Å². The number of hydrogen-bond donors (Lipinski definition) is 5. The number of esters is 1. The summed E-state index contributed by atoms with van der Waals surface area (Å²) in [7, 11) is 1.31. The number of hydrogen-bond acceptors (Lipinski definition) is 6. The summed E-state index contributed by atoms with van der Waals surface area (Å²) in [5.41, 5.74) is 1.32. The van der Waals surface area contributed by atoms with Crippen LogP contribution >= 0.6 is 0 Å². The Morgan fingerprint density at radius 1 is 1.27 bits per heavy atom. The van der Waals surface area contributed by atoms with E-state index in [9.17, 15) is 19.8 Å². The van der Waals surface area contributed by atoms with Crippen LogP contribution in [0, 0.1) is 5.41 Å². The lowest BCUT2D eigenvalue weighted by atomic mass is 9.87. The van der Waals surface area contributed by atoms with Crippen molar-refractivity contribution in [3.8, 4) is 0 Å². The van der Waals surface area contributed by atoms with E-state index in [2.05, 4.69) is 15.6 Å². The smallest absolute Gasteiger partial charge is 0.328 e. The van der Waals surface area contributed by atoms with E-state index < -0.39 is 23.5 Å².